The number of hydrogen-bond donors (Lipinski definition) is 8. The summed E-state index contributed by atoms with van der Waals surface area (Å²) in [5.41, 5.74) is 12.6. The minimum Gasteiger partial charge on any atom is -0.480 e. The van der Waals surface area contributed by atoms with Crippen LogP contribution in [0, 0.1) is 5.92 Å². The third-order valence-electron chi connectivity index (χ3n) is 11.5. The Hall–Kier alpha value is -5.80. The van der Waals surface area contributed by atoms with Crippen LogP contribution in [-0.4, -0.2) is 82.6 Å². The number of hydrogen-bond acceptors (Lipinski definition) is 8. The predicted octanol–water partition coefficient (Wildman–Crippen LogP) is 4.65. The van der Waals surface area contributed by atoms with Crippen LogP contribution in [0.1, 0.15) is 147 Å². The van der Waals surface area contributed by atoms with E-state index in [-0.39, 0.29) is 31.1 Å². The molecule has 0 aliphatic carbocycles. The van der Waals surface area contributed by atoms with Gasteiger partial charge < -0.3 is 43.2 Å². The van der Waals surface area contributed by atoms with Crippen LogP contribution in [0.25, 0.3) is 0 Å². The molecule has 16 heteroatoms. The largest absolute Gasteiger partial charge is 0.480 e. The second-order valence-corrected chi connectivity index (χ2v) is 17.1. The molecule has 360 valence electrons. The Balaban J connectivity index is 1.59. The standard InChI is InChI=1S/C49H75N7O9/c1-4-24-37(47(62)56-44(34(3)5-2)48(63)55-38(45(50)60)31-35-25-18-16-19-26-35)52-41(57)29-22-14-12-10-8-6-7-9-11-13-15-23-30-42(58)53-39(46(51)61)33-43(59)54-40(49(64)65)32-36-27-20-17-21-28-36/h16-21,25-28,34,37-40,44H,4-15,22-24,29-33H2,1-3H3,(H2,50,60)(H2,51,61)(H,52,57)(H,53,58)(H,54,59)(H,55,63)(H,56,62)(H,64,65)/t34-,37?,38-,39+,40-,44+/m0/s1. The Labute approximate surface area is 385 Å². The summed E-state index contributed by atoms with van der Waals surface area (Å²) in [6.07, 6.45) is 13.6. The molecule has 10 N–H and O–H groups in total. The third kappa shape index (κ3) is 23.6. The number of rotatable bonds is 35. The van der Waals surface area contributed by atoms with E-state index in [0.717, 1.165) is 75.3 Å². The third-order valence-corrected chi connectivity index (χ3v) is 11.5. The number of carbonyl (C=O) groups excluding carboxylic acids is 7. The van der Waals surface area contributed by atoms with Crippen molar-refractivity contribution in [2.75, 3.05) is 0 Å². The molecule has 0 saturated heterocycles. The first-order valence-corrected chi connectivity index (χ1v) is 23.5. The highest BCUT2D eigenvalue weighted by Gasteiger charge is 2.32. The van der Waals surface area contributed by atoms with E-state index >= 15 is 0 Å². The number of aliphatic carboxylic acids is 1. The molecule has 65 heavy (non-hydrogen) atoms. The molecule has 7 amide bonds. The summed E-state index contributed by atoms with van der Waals surface area (Å²) in [5, 5.41) is 22.9. The Bertz CT molecular complexity index is 1780. The highest BCUT2D eigenvalue weighted by atomic mass is 16.4. The van der Waals surface area contributed by atoms with Gasteiger partial charge in [-0.1, -0.05) is 158 Å². The summed E-state index contributed by atoms with van der Waals surface area (Å²) in [5.74, 6) is -5.23. The van der Waals surface area contributed by atoms with Gasteiger partial charge in [-0.3, -0.25) is 33.6 Å². The Morgan fingerprint density at radius 3 is 1.34 bits per heavy atom. The van der Waals surface area contributed by atoms with E-state index in [0.29, 0.717) is 38.5 Å². The van der Waals surface area contributed by atoms with E-state index in [1.807, 2.05) is 51.1 Å². The van der Waals surface area contributed by atoms with Gasteiger partial charge in [-0.2, -0.15) is 0 Å². The van der Waals surface area contributed by atoms with Crippen molar-refractivity contribution < 1.29 is 43.5 Å². The van der Waals surface area contributed by atoms with Gasteiger partial charge in [0.05, 0.1) is 6.42 Å². The quantitative estimate of drug-likeness (QED) is 0.0447. The van der Waals surface area contributed by atoms with Gasteiger partial charge in [0, 0.05) is 25.7 Å². The molecule has 0 aliphatic rings. The summed E-state index contributed by atoms with van der Waals surface area (Å²) < 4.78 is 0. The Kier molecular flexibility index (Phi) is 27.2. The fourth-order valence-electron chi connectivity index (χ4n) is 7.43. The van der Waals surface area contributed by atoms with Crippen LogP contribution in [0.3, 0.4) is 0 Å². The highest BCUT2D eigenvalue weighted by molar-refractivity contribution is 5.94. The summed E-state index contributed by atoms with van der Waals surface area (Å²) >= 11 is 0. The first-order valence-electron chi connectivity index (χ1n) is 23.5. The van der Waals surface area contributed by atoms with Gasteiger partial charge in [-0.25, -0.2) is 4.79 Å². The Morgan fingerprint density at radius 2 is 0.923 bits per heavy atom. The number of carboxylic acids is 1. The van der Waals surface area contributed by atoms with Crippen molar-refractivity contribution in [3.8, 4) is 0 Å². The predicted molar refractivity (Wildman–Crippen MR) is 250 cm³/mol. The van der Waals surface area contributed by atoms with Crippen LogP contribution in [-0.2, 0) is 51.2 Å². The van der Waals surface area contributed by atoms with E-state index in [1.165, 1.54) is 0 Å². The number of amides is 7. The number of unbranched alkanes of at least 4 members (excludes halogenated alkanes) is 11. The van der Waals surface area contributed by atoms with Crippen LogP contribution < -0.4 is 38.1 Å². The second kappa shape index (κ2) is 32.0. The lowest BCUT2D eigenvalue weighted by Gasteiger charge is -2.28. The molecule has 0 bridgehead atoms. The average Bonchev–Trinajstić information content (AvgIpc) is 3.27. The molecule has 0 radical (unpaired) electrons. The Morgan fingerprint density at radius 1 is 0.508 bits per heavy atom. The van der Waals surface area contributed by atoms with Crippen molar-refractivity contribution in [3.63, 3.8) is 0 Å². The number of benzene rings is 2. The maximum Gasteiger partial charge on any atom is 0.326 e. The van der Waals surface area contributed by atoms with Gasteiger partial charge in [0.25, 0.3) is 0 Å². The molecule has 0 heterocycles. The van der Waals surface area contributed by atoms with Crippen molar-refractivity contribution in [1.82, 2.24) is 26.6 Å². The van der Waals surface area contributed by atoms with E-state index < -0.39 is 78.0 Å². The van der Waals surface area contributed by atoms with E-state index in [2.05, 4.69) is 26.6 Å². The molecular weight excluding hydrogens is 831 g/mol. The average molecular weight is 906 g/mol. The fraction of sp³-hybridized carbons (Fsp3) is 0.592. The van der Waals surface area contributed by atoms with Crippen molar-refractivity contribution in [1.29, 1.82) is 0 Å². The van der Waals surface area contributed by atoms with Gasteiger partial charge in [0.2, 0.25) is 41.4 Å². The maximum absolute atomic E-state index is 13.4. The zero-order chi connectivity index (χ0) is 48.0. The molecule has 2 rings (SSSR count). The zero-order valence-electron chi connectivity index (χ0n) is 38.7. The van der Waals surface area contributed by atoms with Gasteiger partial charge in [0.1, 0.15) is 30.2 Å². The molecule has 1 unspecified atom stereocenters. The SMILES string of the molecule is CCCC(NC(=O)CCCCCCCCCCCCCCC(=O)N[C@H](CC(=O)N[C@@H](Cc1ccccc1)C(=O)O)C(N)=O)C(=O)N[C@@H](C(=O)N[C@@H](Cc1ccccc1)C(N)=O)[C@@H](C)CC. The summed E-state index contributed by atoms with van der Waals surface area (Å²) in [4.78, 5) is 101. The highest BCUT2D eigenvalue weighted by Crippen LogP contribution is 2.15. The summed E-state index contributed by atoms with van der Waals surface area (Å²) in [6, 6.07) is 13.0. The van der Waals surface area contributed by atoms with E-state index in [4.69, 9.17) is 11.5 Å². The molecule has 16 nitrogen and oxygen atoms in total. The smallest absolute Gasteiger partial charge is 0.326 e. The van der Waals surface area contributed by atoms with Crippen molar-refractivity contribution in [3.05, 3.63) is 71.8 Å². The fourth-order valence-corrected chi connectivity index (χ4v) is 7.43. The lowest BCUT2D eigenvalue weighted by molar-refractivity contribution is -0.142. The molecule has 2 aromatic rings. The number of carbonyl (C=O) groups is 8. The van der Waals surface area contributed by atoms with Gasteiger partial charge in [0.15, 0.2) is 0 Å². The lowest BCUT2D eigenvalue weighted by atomic mass is 9.96. The number of nitrogens with two attached hydrogens (primary N) is 2. The molecule has 0 fully saturated rings. The monoisotopic (exact) mass is 906 g/mol. The minimum atomic E-state index is -1.24. The summed E-state index contributed by atoms with van der Waals surface area (Å²) in [7, 11) is 0. The molecule has 2 aromatic carbocycles. The van der Waals surface area contributed by atoms with Crippen LogP contribution in [0.5, 0.6) is 0 Å². The first kappa shape index (κ1) is 55.3. The lowest BCUT2D eigenvalue weighted by Crippen LogP contribution is -2.58. The van der Waals surface area contributed by atoms with Gasteiger partial charge in [-0.05, 0) is 36.3 Å². The van der Waals surface area contributed by atoms with E-state index in [1.54, 1.807) is 30.3 Å². The molecule has 0 aromatic heterocycles. The van der Waals surface area contributed by atoms with Crippen molar-refractivity contribution in [2.24, 2.45) is 17.4 Å². The number of nitrogens with one attached hydrogen (secondary N) is 5. The molecule has 0 spiro atoms. The normalized spacial score (nSPS) is 13.8. The molecule has 0 saturated carbocycles. The van der Waals surface area contributed by atoms with Crippen molar-refractivity contribution in [2.45, 2.75) is 179 Å². The van der Waals surface area contributed by atoms with Crippen LogP contribution in [0.15, 0.2) is 60.7 Å². The van der Waals surface area contributed by atoms with Crippen molar-refractivity contribution >= 4 is 47.3 Å². The number of primary amides is 2. The first-order chi connectivity index (χ1) is 31.1. The van der Waals surface area contributed by atoms with Crippen LogP contribution in [0.4, 0.5) is 0 Å². The number of carboxylic acid groups (broad SMARTS) is 1. The summed E-state index contributed by atoms with van der Waals surface area (Å²) in [6.45, 7) is 5.68. The topological polar surface area (TPSA) is 269 Å². The van der Waals surface area contributed by atoms with Gasteiger partial charge in [-0.15, -0.1) is 0 Å². The molecule has 0 aliphatic heterocycles. The van der Waals surface area contributed by atoms with Crippen LogP contribution in [0.2, 0.25) is 0 Å². The second-order valence-electron chi connectivity index (χ2n) is 17.1. The van der Waals surface area contributed by atoms with Gasteiger partial charge >= 0.3 is 5.97 Å². The zero-order valence-corrected chi connectivity index (χ0v) is 38.7. The molecule has 6 atom stereocenters. The molecular formula is C49H75N7O9. The van der Waals surface area contributed by atoms with E-state index in [9.17, 15) is 43.5 Å². The van der Waals surface area contributed by atoms with Crippen LogP contribution >= 0.6 is 0 Å². The minimum absolute atomic E-state index is 0.0679. The maximum atomic E-state index is 13.4.